The summed E-state index contributed by atoms with van der Waals surface area (Å²) in [5, 5.41) is 14.1. The maximum Gasteiger partial charge on any atom is 0.261 e. The van der Waals surface area contributed by atoms with Gasteiger partial charge in [0.05, 0.1) is 11.8 Å². The first-order valence-electron chi connectivity index (χ1n) is 6.84. The molecule has 22 heavy (non-hydrogen) atoms. The number of hydrogen-bond acceptors (Lipinski definition) is 6. The van der Waals surface area contributed by atoms with Gasteiger partial charge < -0.3 is 9.84 Å². The number of aromatic nitrogens is 5. The van der Waals surface area contributed by atoms with Crippen LogP contribution in [0.2, 0.25) is 0 Å². The Labute approximate surface area is 133 Å². The van der Waals surface area contributed by atoms with Crippen LogP contribution in [0.5, 0.6) is 0 Å². The number of aryl methyl sites for hydroxylation is 1. The average molecular weight is 319 g/mol. The second-order valence-corrected chi connectivity index (χ2v) is 5.06. The third-order valence-corrected chi connectivity index (χ3v) is 3.73. The van der Waals surface area contributed by atoms with Crippen molar-refractivity contribution >= 4 is 12.4 Å². The van der Waals surface area contributed by atoms with Crippen molar-refractivity contribution in [2.45, 2.75) is 19.9 Å². The lowest BCUT2D eigenvalue weighted by Gasteiger charge is -2.19. The first-order valence-corrected chi connectivity index (χ1v) is 6.84. The molecule has 0 amide bonds. The van der Waals surface area contributed by atoms with Crippen molar-refractivity contribution in [2.24, 2.45) is 0 Å². The van der Waals surface area contributed by atoms with Crippen LogP contribution >= 0.6 is 12.4 Å². The average Bonchev–Trinajstić information content (AvgIpc) is 3.18. The molecule has 7 nitrogen and oxygen atoms in total. The highest BCUT2D eigenvalue weighted by Crippen LogP contribution is 2.29. The minimum absolute atomic E-state index is 0. The van der Waals surface area contributed by atoms with Gasteiger partial charge in [0, 0.05) is 30.2 Å². The van der Waals surface area contributed by atoms with Gasteiger partial charge in [-0.2, -0.15) is 10.1 Å². The van der Waals surface area contributed by atoms with E-state index < -0.39 is 0 Å². The highest BCUT2D eigenvalue weighted by Gasteiger charge is 2.21. The molecule has 0 saturated carbocycles. The fourth-order valence-corrected chi connectivity index (χ4v) is 2.68. The van der Waals surface area contributed by atoms with E-state index in [1.165, 1.54) is 11.1 Å². The third kappa shape index (κ3) is 2.38. The van der Waals surface area contributed by atoms with Crippen molar-refractivity contribution in [1.29, 1.82) is 0 Å². The Morgan fingerprint density at radius 2 is 2.18 bits per heavy atom. The van der Waals surface area contributed by atoms with Crippen LogP contribution in [0, 0.1) is 6.92 Å². The number of pyridine rings is 1. The molecule has 3 aromatic heterocycles. The second kappa shape index (κ2) is 5.86. The van der Waals surface area contributed by atoms with Gasteiger partial charge in [-0.15, -0.1) is 12.4 Å². The van der Waals surface area contributed by atoms with Gasteiger partial charge >= 0.3 is 0 Å². The molecular weight excluding hydrogens is 304 g/mol. The Balaban J connectivity index is 0.00000144. The summed E-state index contributed by atoms with van der Waals surface area (Å²) in [6, 6.07) is 0. The van der Waals surface area contributed by atoms with Gasteiger partial charge in [0.15, 0.2) is 0 Å². The number of nitrogens with zero attached hydrogens (tertiary/aromatic N) is 4. The SMILES string of the molecule is Cc1ncc2c(c1-c1noc(-c3cn[nH]c3)n1)CCNC2.Cl. The van der Waals surface area contributed by atoms with E-state index in [4.69, 9.17) is 4.52 Å². The molecule has 1 aliphatic rings. The number of rotatable bonds is 2. The summed E-state index contributed by atoms with van der Waals surface area (Å²) in [5.74, 6) is 1.06. The van der Waals surface area contributed by atoms with Gasteiger partial charge in [0.2, 0.25) is 5.82 Å². The largest absolute Gasteiger partial charge is 0.333 e. The summed E-state index contributed by atoms with van der Waals surface area (Å²) in [6.45, 7) is 3.77. The lowest BCUT2D eigenvalue weighted by Crippen LogP contribution is -2.24. The molecule has 0 bridgehead atoms. The monoisotopic (exact) mass is 318 g/mol. The molecule has 0 radical (unpaired) electrons. The smallest absolute Gasteiger partial charge is 0.261 e. The standard InChI is InChI=1S/C14H14N6O.ClH/c1-8-12(11-2-3-15-4-9(11)5-16-8)13-19-14(21-20-13)10-6-17-18-7-10;/h5-7,15H,2-4H2,1H3,(H,17,18);1H. The van der Waals surface area contributed by atoms with Crippen LogP contribution in [0.3, 0.4) is 0 Å². The van der Waals surface area contributed by atoms with Crippen molar-refractivity contribution < 1.29 is 4.52 Å². The predicted octanol–water partition coefficient (Wildman–Crippen LogP) is 1.90. The number of H-pyrrole nitrogens is 1. The minimum Gasteiger partial charge on any atom is -0.333 e. The fourth-order valence-electron chi connectivity index (χ4n) is 2.68. The van der Waals surface area contributed by atoms with E-state index in [1.54, 1.807) is 12.4 Å². The van der Waals surface area contributed by atoms with Crippen molar-refractivity contribution in [2.75, 3.05) is 6.54 Å². The van der Waals surface area contributed by atoms with Gasteiger partial charge in [-0.3, -0.25) is 10.1 Å². The summed E-state index contributed by atoms with van der Waals surface area (Å²) in [5.41, 5.74) is 5.17. The van der Waals surface area contributed by atoms with Crippen LogP contribution in [0.25, 0.3) is 22.8 Å². The van der Waals surface area contributed by atoms with Gasteiger partial charge in [-0.05, 0) is 31.0 Å². The molecule has 0 aromatic carbocycles. The lowest BCUT2D eigenvalue weighted by molar-refractivity contribution is 0.432. The molecule has 0 unspecified atom stereocenters. The summed E-state index contributed by atoms with van der Waals surface area (Å²) < 4.78 is 5.34. The first kappa shape index (κ1) is 14.7. The van der Waals surface area contributed by atoms with Crippen LogP contribution < -0.4 is 5.32 Å². The molecule has 8 heteroatoms. The molecule has 4 rings (SSSR count). The quantitative estimate of drug-likeness (QED) is 0.749. The van der Waals surface area contributed by atoms with E-state index in [-0.39, 0.29) is 12.4 Å². The number of aromatic amines is 1. The molecule has 114 valence electrons. The van der Waals surface area contributed by atoms with E-state index >= 15 is 0 Å². The summed E-state index contributed by atoms with van der Waals surface area (Å²) in [4.78, 5) is 8.95. The lowest BCUT2D eigenvalue weighted by atomic mass is 9.95. The maximum absolute atomic E-state index is 5.34. The molecule has 2 N–H and O–H groups in total. The van der Waals surface area contributed by atoms with Crippen LogP contribution in [0.1, 0.15) is 16.8 Å². The first-order chi connectivity index (χ1) is 10.3. The Bertz CT molecular complexity index is 783. The van der Waals surface area contributed by atoms with Crippen LogP contribution in [-0.4, -0.2) is 31.9 Å². The molecule has 0 fully saturated rings. The normalized spacial score (nSPS) is 13.5. The third-order valence-electron chi connectivity index (χ3n) is 3.73. The van der Waals surface area contributed by atoms with Crippen molar-refractivity contribution in [1.82, 2.24) is 30.6 Å². The Kier molecular flexibility index (Phi) is 3.91. The number of nitrogens with one attached hydrogen (secondary N) is 2. The number of halogens is 1. The summed E-state index contributed by atoms with van der Waals surface area (Å²) >= 11 is 0. The van der Waals surface area contributed by atoms with Gasteiger partial charge in [0.25, 0.3) is 5.89 Å². The van der Waals surface area contributed by atoms with Crippen molar-refractivity contribution in [3.8, 4) is 22.8 Å². The van der Waals surface area contributed by atoms with E-state index in [0.29, 0.717) is 11.7 Å². The Morgan fingerprint density at radius 1 is 1.27 bits per heavy atom. The minimum atomic E-state index is 0. The predicted molar refractivity (Wildman–Crippen MR) is 82.5 cm³/mol. The zero-order valence-corrected chi connectivity index (χ0v) is 12.8. The van der Waals surface area contributed by atoms with Crippen molar-refractivity contribution in [3.05, 3.63) is 35.4 Å². The van der Waals surface area contributed by atoms with Crippen LogP contribution in [0.15, 0.2) is 23.1 Å². The van der Waals surface area contributed by atoms with E-state index in [1.807, 2.05) is 13.1 Å². The second-order valence-electron chi connectivity index (χ2n) is 5.06. The van der Waals surface area contributed by atoms with E-state index in [0.717, 1.165) is 36.3 Å². The molecular formula is C14H15ClN6O. The Morgan fingerprint density at radius 3 is 3.00 bits per heavy atom. The Hall–Kier alpha value is -2.25. The molecule has 1 aliphatic heterocycles. The van der Waals surface area contributed by atoms with Crippen LogP contribution in [-0.2, 0) is 13.0 Å². The molecule has 0 atom stereocenters. The molecule has 0 saturated heterocycles. The van der Waals surface area contributed by atoms with Gasteiger partial charge in [-0.1, -0.05) is 5.16 Å². The zero-order valence-electron chi connectivity index (χ0n) is 12.0. The molecule has 0 aliphatic carbocycles. The highest BCUT2D eigenvalue weighted by atomic mass is 35.5. The van der Waals surface area contributed by atoms with Crippen molar-refractivity contribution in [3.63, 3.8) is 0 Å². The van der Waals surface area contributed by atoms with Gasteiger partial charge in [-0.25, -0.2) is 0 Å². The highest BCUT2D eigenvalue weighted by molar-refractivity contribution is 5.85. The topological polar surface area (TPSA) is 92.5 Å². The zero-order chi connectivity index (χ0) is 14.2. The number of hydrogen-bond donors (Lipinski definition) is 2. The summed E-state index contributed by atoms with van der Waals surface area (Å²) in [6.07, 6.45) is 6.26. The van der Waals surface area contributed by atoms with Crippen LogP contribution in [0.4, 0.5) is 0 Å². The number of fused-ring (bicyclic) bond motifs is 1. The van der Waals surface area contributed by atoms with Gasteiger partial charge in [0.1, 0.15) is 0 Å². The van der Waals surface area contributed by atoms with E-state index in [9.17, 15) is 0 Å². The summed E-state index contributed by atoms with van der Waals surface area (Å²) in [7, 11) is 0. The maximum atomic E-state index is 5.34. The molecule has 3 aromatic rings. The molecule has 4 heterocycles. The molecule has 0 spiro atoms. The van der Waals surface area contributed by atoms with E-state index in [2.05, 4.69) is 30.6 Å². The fraction of sp³-hybridized carbons (Fsp3) is 0.286.